The first-order chi connectivity index (χ1) is 17.0. The third kappa shape index (κ3) is 4.10. The van der Waals surface area contributed by atoms with Crippen LogP contribution >= 0.6 is 0 Å². The Hall–Kier alpha value is -3.82. The Bertz CT molecular complexity index is 1330. The number of amides is 1. The molecule has 1 amide bonds. The van der Waals surface area contributed by atoms with Gasteiger partial charge >= 0.3 is 12.1 Å². The van der Waals surface area contributed by atoms with Gasteiger partial charge in [0.25, 0.3) is 5.91 Å². The topological polar surface area (TPSA) is 87.5 Å². The molecule has 0 radical (unpaired) electrons. The molecule has 10 heteroatoms. The second kappa shape index (κ2) is 8.39. The van der Waals surface area contributed by atoms with Gasteiger partial charge in [-0.15, -0.1) is 0 Å². The number of rotatable bonds is 6. The number of halogens is 3. The van der Waals surface area contributed by atoms with Gasteiger partial charge in [0.15, 0.2) is 0 Å². The molecule has 2 aliphatic rings. The monoisotopic (exact) mass is 498 g/mol. The van der Waals surface area contributed by atoms with Crippen molar-refractivity contribution in [2.45, 2.75) is 51.0 Å². The molecule has 1 aromatic heterocycles. The molecule has 1 atom stereocenters. The maximum Gasteiger partial charge on any atom is 0.416 e. The van der Waals surface area contributed by atoms with Crippen LogP contribution in [-0.2, 0) is 18.3 Å². The molecule has 36 heavy (non-hydrogen) atoms. The minimum atomic E-state index is -4.40. The first-order valence-corrected chi connectivity index (χ1v) is 11.7. The lowest BCUT2D eigenvalue weighted by molar-refractivity contribution is -0.137. The van der Waals surface area contributed by atoms with Crippen LogP contribution in [0.3, 0.4) is 0 Å². The molecular formula is C26H25F3N4O3. The molecular weight excluding hydrogens is 473 g/mol. The Labute approximate surface area is 205 Å². The molecule has 2 N–H and O–H groups in total. The predicted octanol–water partition coefficient (Wildman–Crippen LogP) is 4.91. The molecule has 1 aliphatic carbocycles. The number of hydrogen-bond donors (Lipinski definition) is 2. The normalized spacial score (nSPS) is 17.0. The van der Waals surface area contributed by atoms with E-state index < -0.39 is 23.2 Å². The van der Waals surface area contributed by atoms with E-state index in [9.17, 15) is 22.8 Å². The zero-order valence-corrected chi connectivity index (χ0v) is 19.8. The van der Waals surface area contributed by atoms with Gasteiger partial charge in [-0.2, -0.15) is 18.3 Å². The zero-order valence-electron chi connectivity index (χ0n) is 19.8. The molecule has 2 heterocycles. The zero-order chi connectivity index (χ0) is 25.8. The summed E-state index contributed by atoms with van der Waals surface area (Å²) in [6.45, 7) is 4.81. The van der Waals surface area contributed by atoms with E-state index in [1.165, 1.54) is 24.3 Å². The Balaban J connectivity index is 1.40. The fourth-order valence-corrected chi connectivity index (χ4v) is 4.92. The molecule has 7 nitrogen and oxygen atoms in total. The van der Waals surface area contributed by atoms with Gasteiger partial charge in [0.2, 0.25) is 0 Å². The van der Waals surface area contributed by atoms with Gasteiger partial charge in [-0.3, -0.25) is 4.79 Å². The van der Waals surface area contributed by atoms with E-state index in [0.717, 1.165) is 30.5 Å². The minimum absolute atomic E-state index is 0.180. The molecule has 2 aromatic carbocycles. The number of aromatic carboxylic acids is 1. The van der Waals surface area contributed by atoms with Crippen LogP contribution < -0.4 is 10.2 Å². The van der Waals surface area contributed by atoms with Crippen LogP contribution in [0.25, 0.3) is 0 Å². The van der Waals surface area contributed by atoms with Crippen molar-refractivity contribution in [3.05, 3.63) is 82.0 Å². The summed E-state index contributed by atoms with van der Waals surface area (Å²) in [6.07, 6.45) is -2.93. The van der Waals surface area contributed by atoms with Crippen LogP contribution in [-0.4, -0.2) is 33.3 Å². The Kier molecular flexibility index (Phi) is 5.57. The number of nitrogens with one attached hydrogen (secondary N) is 1. The number of nitrogens with zero attached hydrogens (tertiary/aromatic N) is 3. The van der Waals surface area contributed by atoms with Crippen molar-refractivity contribution in [3.63, 3.8) is 0 Å². The largest absolute Gasteiger partial charge is 0.478 e. The number of hydrogen-bond acceptors (Lipinski definition) is 4. The van der Waals surface area contributed by atoms with Crippen molar-refractivity contribution in [3.8, 4) is 0 Å². The van der Waals surface area contributed by atoms with E-state index in [2.05, 4.69) is 10.4 Å². The number of carbonyl (C=O) groups excluding carboxylic acids is 1. The fourth-order valence-electron chi connectivity index (χ4n) is 4.92. The molecule has 188 valence electrons. The van der Waals surface area contributed by atoms with Crippen LogP contribution in [0.2, 0.25) is 0 Å². The van der Waals surface area contributed by atoms with E-state index in [-0.39, 0.29) is 17.5 Å². The number of aromatic nitrogens is 2. The molecule has 5 rings (SSSR count). The summed E-state index contributed by atoms with van der Waals surface area (Å²) >= 11 is 0. The van der Waals surface area contributed by atoms with Gasteiger partial charge in [-0.25, -0.2) is 9.48 Å². The molecule has 1 saturated carbocycles. The summed E-state index contributed by atoms with van der Waals surface area (Å²) in [6, 6.07) is 11.3. The molecule has 1 aliphatic heterocycles. The van der Waals surface area contributed by atoms with E-state index in [4.69, 9.17) is 5.11 Å². The van der Waals surface area contributed by atoms with Crippen molar-refractivity contribution >= 4 is 17.7 Å². The molecule has 1 fully saturated rings. The third-order valence-corrected chi connectivity index (χ3v) is 7.13. The second-order valence-corrected chi connectivity index (χ2v) is 9.42. The summed E-state index contributed by atoms with van der Waals surface area (Å²) in [5.74, 6) is -0.640. The molecule has 3 aromatic rings. The Morgan fingerprint density at radius 2 is 1.69 bits per heavy atom. The number of carboxylic acids is 1. The highest BCUT2D eigenvalue weighted by molar-refractivity contribution is 6.01. The summed E-state index contributed by atoms with van der Waals surface area (Å²) in [7, 11) is 0. The van der Waals surface area contributed by atoms with Gasteiger partial charge in [-0.1, -0.05) is 24.3 Å². The predicted molar refractivity (Wildman–Crippen MR) is 126 cm³/mol. The van der Waals surface area contributed by atoms with Gasteiger partial charge in [-0.05, 0) is 62.1 Å². The van der Waals surface area contributed by atoms with Crippen LogP contribution in [0.5, 0.6) is 0 Å². The summed E-state index contributed by atoms with van der Waals surface area (Å²) in [5.41, 5.74) is 1.49. The first kappa shape index (κ1) is 23.9. The standard InChI is InChI=1S/C26H25F3N4O3/c1-15-21(22(34)30-25(11-12-25)19-7-5-18(6-8-19)24(35)36)23-32(13-14-33(23)31-15)16(2)17-3-9-20(10-4-17)26(27,28)29/h3-10,16H,11-14H2,1-2H3,(H,30,34)(H,35,36)/t16-/m1/s1. The number of benzene rings is 2. The third-order valence-electron chi connectivity index (χ3n) is 7.13. The van der Waals surface area contributed by atoms with Crippen molar-refractivity contribution in [1.29, 1.82) is 0 Å². The molecule has 0 bridgehead atoms. The van der Waals surface area contributed by atoms with E-state index in [1.807, 2.05) is 11.8 Å². The van der Waals surface area contributed by atoms with Crippen molar-refractivity contribution < 1.29 is 27.9 Å². The maximum absolute atomic E-state index is 13.5. The minimum Gasteiger partial charge on any atom is -0.478 e. The highest BCUT2D eigenvalue weighted by atomic mass is 19.4. The van der Waals surface area contributed by atoms with E-state index >= 15 is 0 Å². The summed E-state index contributed by atoms with van der Waals surface area (Å²) < 4.78 is 40.7. The molecule has 0 spiro atoms. The highest BCUT2D eigenvalue weighted by Crippen LogP contribution is 2.46. The number of fused-ring (bicyclic) bond motifs is 1. The van der Waals surface area contributed by atoms with Crippen LogP contribution in [0.15, 0.2) is 48.5 Å². The number of anilines is 1. The average molecular weight is 499 g/mol. The van der Waals surface area contributed by atoms with E-state index in [0.29, 0.717) is 35.7 Å². The SMILES string of the molecule is Cc1nn2c(c1C(=O)NC1(c3ccc(C(=O)O)cc3)CC1)N([C@H](C)c1ccc(C(F)(F)F)cc1)CC2. The van der Waals surface area contributed by atoms with Gasteiger partial charge < -0.3 is 15.3 Å². The lowest BCUT2D eigenvalue weighted by Crippen LogP contribution is -2.36. The van der Waals surface area contributed by atoms with Crippen LogP contribution in [0.4, 0.5) is 19.0 Å². The highest BCUT2D eigenvalue weighted by Gasteiger charge is 2.47. The summed E-state index contributed by atoms with van der Waals surface area (Å²) in [4.78, 5) is 26.7. The van der Waals surface area contributed by atoms with Gasteiger partial charge in [0, 0.05) is 6.54 Å². The quantitative estimate of drug-likeness (QED) is 0.504. The number of carbonyl (C=O) groups is 2. The first-order valence-electron chi connectivity index (χ1n) is 11.7. The molecule has 0 saturated heterocycles. The second-order valence-electron chi connectivity index (χ2n) is 9.42. The number of aryl methyl sites for hydroxylation is 1. The maximum atomic E-state index is 13.5. The number of carboxylic acid groups (broad SMARTS) is 1. The smallest absolute Gasteiger partial charge is 0.416 e. The van der Waals surface area contributed by atoms with Crippen LogP contribution in [0.1, 0.15) is 68.9 Å². The lowest BCUT2D eigenvalue weighted by Gasteiger charge is -2.27. The van der Waals surface area contributed by atoms with Gasteiger partial charge in [0.1, 0.15) is 11.4 Å². The summed E-state index contributed by atoms with van der Waals surface area (Å²) in [5, 5.41) is 16.8. The molecule has 0 unspecified atom stereocenters. The van der Waals surface area contributed by atoms with Crippen molar-refractivity contribution in [2.75, 3.05) is 11.4 Å². The number of alkyl halides is 3. The lowest BCUT2D eigenvalue weighted by atomic mass is 10.0. The van der Waals surface area contributed by atoms with Crippen LogP contribution in [0, 0.1) is 6.92 Å². The fraction of sp³-hybridized carbons (Fsp3) is 0.346. The Morgan fingerprint density at radius 3 is 2.25 bits per heavy atom. The van der Waals surface area contributed by atoms with Crippen molar-refractivity contribution in [1.82, 2.24) is 15.1 Å². The Morgan fingerprint density at radius 1 is 1.06 bits per heavy atom. The van der Waals surface area contributed by atoms with Crippen molar-refractivity contribution in [2.24, 2.45) is 0 Å². The van der Waals surface area contributed by atoms with Gasteiger partial charge in [0.05, 0.1) is 34.9 Å². The van der Waals surface area contributed by atoms with E-state index in [1.54, 1.807) is 23.7 Å². The average Bonchev–Trinajstić information content (AvgIpc) is 3.39.